The number of ether oxygens (including phenoxy) is 2. The highest BCUT2D eigenvalue weighted by atomic mass is 127. The number of halogens is 1. The summed E-state index contributed by atoms with van der Waals surface area (Å²) in [4.78, 5) is 4.21. The van der Waals surface area contributed by atoms with Crippen LogP contribution in [0.15, 0.2) is 29.3 Å². The summed E-state index contributed by atoms with van der Waals surface area (Å²) in [6, 6.07) is 8.02. The van der Waals surface area contributed by atoms with Gasteiger partial charge in [0.25, 0.3) is 0 Å². The molecule has 0 aromatic heterocycles. The van der Waals surface area contributed by atoms with Gasteiger partial charge in [-0.2, -0.15) is 0 Å². The normalized spacial score (nSPS) is 11.1. The molecule has 0 saturated heterocycles. The molecule has 132 valence electrons. The van der Waals surface area contributed by atoms with Crippen molar-refractivity contribution in [1.29, 1.82) is 0 Å². The lowest BCUT2D eigenvalue weighted by Gasteiger charge is -2.14. The fraction of sp³-hybridized carbons (Fsp3) is 0.588. The Kier molecular flexibility index (Phi) is 12.8. The molecule has 0 atom stereocenters. The largest absolute Gasteiger partial charge is 0.494 e. The Labute approximate surface area is 157 Å². The number of rotatable bonds is 9. The first-order chi connectivity index (χ1) is 10.7. The molecular weight excluding hydrogens is 405 g/mol. The molecule has 2 N–H and O–H groups in total. The summed E-state index contributed by atoms with van der Waals surface area (Å²) >= 11 is 0. The molecule has 5 nitrogen and oxygen atoms in total. The van der Waals surface area contributed by atoms with E-state index in [2.05, 4.69) is 35.5 Å². The highest BCUT2D eigenvalue weighted by Gasteiger charge is 2.03. The first kappa shape index (κ1) is 22.0. The van der Waals surface area contributed by atoms with Crippen molar-refractivity contribution < 1.29 is 9.47 Å². The van der Waals surface area contributed by atoms with Crippen LogP contribution in [0.5, 0.6) is 5.75 Å². The zero-order valence-corrected chi connectivity index (χ0v) is 16.9. The molecule has 0 saturated carbocycles. The lowest BCUT2D eigenvalue weighted by Crippen LogP contribution is -2.38. The van der Waals surface area contributed by atoms with Gasteiger partial charge in [-0.3, -0.25) is 4.99 Å². The van der Waals surface area contributed by atoms with Gasteiger partial charge in [0.05, 0.1) is 13.2 Å². The van der Waals surface area contributed by atoms with E-state index in [1.165, 1.54) is 0 Å². The average molecular weight is 435 g/mol. The number of nitrogens with one attached hydrogen (secondary N) is 2. The molecule has 23 heavy (non-hydrogen) atoms. The Morgan fingerprint density at radius 2 is 1.96 bits per heavy atom. The van der Waals surface area contributed by atoms with Crippen molar-refractivity contribution in [2.45, 2.75) is 27.3 Å². The number of benzene rings is 1. The van der Waals surface area contributed by atoms with Gasteiger partial charge in [-0.25, -0.2) is 0 Å². The Bertz CT molecular complexity index is 453. The first-order valence-electron chi connectivity index (χ1n) is 7.90. The van der Waals surface area contributed by atoms with Gasteiger partial charge in [0, 0.05) is 32.3 Å². The van der Waals surface area contributed by atoms with Crippen LogP contribution in [0.1, 0.15) is 26.3 Å². The van der Waals surface area contributed by atoms with E-state index in [1.54, 1.807) is 7.05 Å². The minimum Gasteiger partial charge on any atom is -0.494 e. The molecule has 0 spiro atoms. The second kappa shape index (κ2) is 13.4. The fourth-order valence-corrected chi connectivity index (χ4v) is 1.91. The molecule has 0 amide bonds. The van der Waals surface area contributed by atoms with E-state index in [4.69, 9.17) is 9.47 Å². The van der Waals surface area contributed by atoms with Crippen LogP contribution in [0.2, 0.25) is 0 Å². The average Bonchev–Trinajstić information content (AvgIpc) is 2.51. The third-order valence-corrected chi connectivity index (χ3v) is 2.93. The SMILES string of the molecule is CCOc1ccccc1CNC(=NC)NCCOCC(C)C.I. The number of hydrogen-bond donors (Lipinski definition) is 2. The third kappa shape index (κ3) is 9.65. The van der Waals surface area contributed by atoms with Crippen LogP contribution in [-0.4, -0.2) is 39.4 Å². The molecular formula is C17H30IN3O2. The van der Waals surface area contributed by atoms with Gasteiger partial charge in [0.15, 0.2) is 5.96 Å². The van der Waals surface area contributed by atoms with Gasteiger partial charge in [-0.1, -0.05) is 32.0 Å². The molecule has 0 aliphatic rings. The standard InChI is InChI=1S/C17H29N3O2.HI/c1-5-22-16-9-7-6-8-15(16)12-20-17(18-4)19-10-11-21-13-14(2)3;/h6-9,14H,5,10-13H2,1-4H3,(H2,18,19,20);1H. The van der Waals surface area contributed by atoms with Crippen LogP contribution in [0, 0.1) is 5.92 Å². The van der Waals surface area contributed by atoms with E-state index in [1.807, 2.05) is 25.1 Å². The van der Waals surface area contributed by atoms with E-state index in [0.29, 0.717) is 25.7 Å². The lowest BCUT2D eigenvalue weighted by atomic mass is 10.2. The zero-order chi connectivity index (χ0) is 16.2. The van der Waals surface area contributed by atoms with Gasteiger partial charge in [0.1, 0.15) is 5.75 Å². The van der Waals surface area contributed by atoms with Gasteiger partial charge in [-0.05, 0) is 18.9 Å². The summed E-state index contributed by atoms with van der Waals surface area (Å²) in [7, 11) is 1.76. The van der Waals surface area contributed by atoms with Crippen molar-refractivity contribution in [3.63, 3.8) is 0 Å². The predicted octanol–water partition coefficient (Wildman–Crippen LogP) is 3.04. The van der Waals surface area contributed by atoms with E-state index < -0.39 is 0 Å². The Balaban J connectivity index is 0.00000484. The van der Waals surface area contributed by atoms with E-state index in [0.717, 1.165) is 30.4 Å². The molecule has 0 fully saturated rings. The van der Waals surface area contributed by atoms with Gasteiger partial charge < -0.3 is 20.1 Å². The van der Waals surface area contributed by atoms with Gasteiger partial charge in [-0.15, -0.1) is 24.0 Å². The van der Waals surface area contributed by atoms with Crippen LogP contribution in [-0.2, 0) is 11.3 Å². The summed E-state index contributed by atoms with van der Waals surface area (Å²) < 4.78 is 11.2. The Morgan fingerprint density at radius 3 is 2.61 bits per heavy atom. The monoisotopic (exact) mass is 435 g/mol. The number of aliphatic imine (C=N–C) groups is 1. The number of hydrogen-bond acceptors (Lipinski definition) is 3. The zero-order valence-electron chi connectivity index (χ0n) is 14.6. The maximum Gasteiger partial charge on any atom is 0.191 e. The van der Waals surface area contributed by atoms with Crippen molar-refractivity contribution in [1.82, 2.24) is 10.6 Å². The lowest BCUT2D eigenvalue weighted by molar-refractivity contribution is 0.114. The van der Waals surface area contributed by atoms with Crippen molar-refractivity contribution in [3.8, 4) is 5.75 Å². The van der Waals surface area contributed by atoms with Crippen LogP contribution >= 0.6 is 24.0 Å². The predicted molar refractivity (Wildman–Crippen MR) is 107 cm³/mol. The summed E-state index contributed by atoms with van der Waals surface area (Å²) in [5.74, 6) is 2.24. The van der Waals surface area contributed by atoms with E-state index in [9.17, 15) is 0 Å². The maximum atomic E-state index is 5.62. The van der Waals surface area contributed by atoms with Crippen LogP contribution < -0.4 is 15.4 Å². The topological polar surface area (TPSA) is 54.9 Å². The molecule has 0 bridgehead atoms. The molecule has 1 aromatic rings. The highest BCUT2D eigenvalue weighted by Crippen LogP contribution is 2.17. The molecule has 0 radical (unpaired) electrons. The smallest absolute Gasteiger partial charge is 0.191 e. The molecule has 1 aromatic carbocycles. The second-order valence-corrected chi connectivity index (χ2v) is 5.36. The number of para-hydroxylation sites is 1. The van der Waals surface area contributed by atoms with Crippen molar-refractivity contribution in [3.05, 3.63) is 29.8 Å². The highest BCUT2D eigenvalue weighted by molar-refractivity contribution is 14.0. The van der Waals surface area contributed by atoms with Gasteiger partial charge >= 0.3 is 0 Å². The summed E-state index contributed by atoms with van der Waals surface area (Å²) in [5.41, 5.74) is 1.11. The Hall–Kier alpha value is -1.02. The minimum atomic E-state index is 0. The minimum absolute atomic E-state index is 0. The third-order valence-electron chi connectivity index (χ3n) is 2.93. The molecule has 0 aliphatic carbocycles. The molecule has 0 heterocycles. The van der Waals surface area contributed by atoms with Crippen LogP contribution in [0.3, 0.4) is 0 Å². The molecule has 6 heteroatoms. The number of nitrogens with zero attached hydrogens (tertiary/aromatic N) is 1. The fourth-order valence-electron chi connectivity index (χ4n) is 1.91. The van der Waals surface area contributed by atoms with E-state index >= 15 is 0 Å². The van der Waals surface area contributed by atoms with Crippen LogP contribution in [0.25, 0.3) is 0 Å². The number of guanidine groups is 1. The van der Waals surface area contributed by atoms with E-state index in [-0.39, 0.29) is 24.0 Å². The quantitative estimate of drug-likeness (QED) is 0.271. The van der Waals surface area contributed by atoms with Crippen molar-refractivity contribution in [2.75, 3.05) is 33.4 Å². The summed E-state index contributed by atoms with van der Waals surface area (Å²) in [5, 5.41) is 6.53. The van der Waals surface area contributed by atoms with Crippen molar-refractivity contribution >= 4 is 29.9 Å². The van der Waals surface area contributed by atoms with Gasteiger partial charge in [0.2, 0.25) is 0 Å². The molecule has 1 rings (SSSR count). The summed E-state index contributed by atoms with van der Waals surface area (Å²) in [6.45, 7) is 9.80. The van der Waals surface area contributed by atoms with Crippen molar-refractivity contribution in [2.24, 2.45) is 10.9 Å². The second-order valence-electron chi connectivity index (χ2n) is 5.36. The maximum absolute atomic E-state index is 5.62. The molecule has 0 unspecified atom stereocenters. The Morgan fingerprint density at radius 1 is 1.22 bits per heavy atom. The van der Waals surface area contributed by atoms with Crippen LogP contribution in [0.4, 0.5) is 0 Å². The molecule has 0 aliphatic heterocycles. The first-order valence-corrected chi connectivity index (χ1v) is 7.90. The summed E-state index contributed by atoms with van der Waals surface area (Å²) in [6.07, 6.45) is 0.